The molecule has 3 N–H and O–H groups in total. The first-order chi connectivity index (χ1) is 10.1. The third-order valence-corrected chi connectivity index (χ3v) is 4.23. The van der Waals surface area contributed by atoms with Crippen molar-refractivity contribution in [1.29, 1.82) is 0 Å². The van der Waals surface area contributed by atoms with Crippen LogP contribution in [0.1, 0.15) is 30.0 Å². The monoisotopic (exact) mass is 292 g/mol. The molecule has 0 bridgehead atoms. The van der Waals surface area contributed by atoms with E-state index in [9.17, 15) is 13.2 Å². The van der Waals surface area contributed by atoms with Gasteiger partial charge < -0.3 is 0 Å². The zero-order valence-corrected chi connectivity index (χ0v) is 11.2. The largest absolute Gasteiger partial charge is 0.271 e. The fourth-order valence-corrected chi connectivity index (χ4v) is 2.96. The van der Waals surface area contributed by atoms with Gasteiger partial charge in [0.2, 0.25) is 0 Å². The van der Waals surface area contributed by atoms with Crippen LogP contribution in [0.5, 0.6) is 0 Å². The number of benzene rings is 2. The summed E-state index contributed by atoms with van der Waals surface area (Å²) in [6, 6.07) is 11.1. The Morgan fingerprint density at radius 3 is 2.19 bits per heavy atom. The van der Waals surface area contributed by atoms with Gasteiger partial charge in [0, 0.05) is 11.0 Å². The predicted octanol–water partition coefficient (Wildman–Crippen LogP) is 3.34. The Hall–Kier alpha value is -1.85. The van der Waals surface area contributed by atoms with Crippen molar-refractivity contribution in [2.24, 2.45) is 5.84 Å². The quantitative estimate of drug-likeness (QED) is 0.515. The number of hydrogen-bond acceptors (Lipinski definition) is 2. The van der Waals surface area contributed by atoms with E-state index >= 15 is 0 Å². The van der Waals surface area contributed by atoms with Crippen LogP contribution in [0.2, 0.25) is 0 Å². The minimum atomic E-state index is -1.46. The van der Waals surface area contributed by atoms with E-state index in [0.29, 0.717) is 0 Å². The number of halogens is 3. The van der Waals surface area contributed by atoms with Crippen molar-refractivity contribution in [1.82, 2.24) is 5.43 Å². The molecule has 2 aromatic rings. The molecule has 1 aliphatic carbocycles. The highest BCUT2D eigenvalue weighted by atomic mass is 19.2. The summed E-state index contributed by atoms with van der Waals surface area (Å²) in [5, 5.41) is 0. The van der Waals surface area contributed by atoms with Gasteiger partial charge in [0.15, 0.2) is 17.5 Å². The number of nitrogens with two attached hydrogens (primary N) is 1. The highest BCUT2D eigenvalue weighted by Crippen LogP contribution is 2.56. The molecule has 0 aliphatic heterocycles. The Morgan fingerprint density at radius 2 is 1.62 bits per heavy atom. The van der Waals surface area contributed by atoms with Crippen LogP contribution >= 0.6 is 0 Å². The Balaban J connectivity index is 2.06. The lowest BCUT2D eigenvalue weighted by Crippen LogP contribution is -2.37. The first kappa shape index (κ1) is 14.1. The summed E-state index contributed by atoms with van der Waals surface area (Å²) in [6.45, 7) is 0. The van der Waals surface area contributed by atoms with Gasteiger partial charge in [-0.15, -0.1) is 0 Å². The zero-order chi connectivity index (χ0) is 15.0. The second-order valence-electron chi connectivity index (χ2n) is 5.39. The average Bonchev–Trinajstić information content (AvgIpc) is 3.30. The lowest BCUT2D eigenvalue weighted by Gasteiger charge is -2.27. The second kappa shape index (κ2) is 5.16. The van der Waals surface area contributed by atoms with Crippen LogP contribution in [0.3, 0.4) is 0 Å². The smallest absolute Gasteiger partial charge is 0.194 e. The maximum absolute atomic E-state index is 14.1. The molecule has 5 heteroatoms. The molecule has 2 aromatic carbocycles. The first-order valence-electron chi connectivity index (χ1n) is 6.75. The van der Waals surface area contributed by atoms with Gasteiger partial charge in [0.05, 0.1) is 6.04 Å². The number of nitrogens with one attached hydrogen (secondary N) is 1. The molecule has 1 aliphatic rings. The summed E-state index contributed by atoms with van der Waals surface area (Å²) in [4.78, 5) is 0. The molecule has 1 fully saturated rings. The summed E-state index contributed by atoms with van der Waals surface area (Å²) in [5.74, 6) is 1.75. The van der Waals surface area contributed by atoms with Crippen LogP contribution in [0.4, 0.5) is 13.2 Å². The van der Waals surface area contributed by atoms with Crippen molar-refractivity contribution >= 4 is 0 Å². The van der Waals surface area contributed by atoms with E-state index in [2.05, 4.69) is 5.43 Å². The number of hydrazine groups is 1. The third-order valence-electron chi connectivity index (χ3n) is 4.23. The minimum Gasteiger partial charge on any atom is -0.271 e. The highest BCUT2D eigenvalue weighted by Gasteiger charge is 2.51. The van der Waals surface area contributed by atoms with Crippen LogP contribution < -0.4 is 11.3 Å². The summed E-state index contributed by atoms with van der Waals surface area (Å²) < 4.78 is 40.6. The Kier molecular flexibility index (Phi) is 3.47. The topological polar surface area (TPSA) is 38.0 Å². The average molecular weight is 292 g/mol. The minimum absolute atomic E-state index is 0.0535. The second-order valence-corrected chi connectivity index (χ2v) is 5.39. The Bertz CT molecular complexity index is 654. The standard InChI is InChI=1S/C16H15F3N2/c17-12-7-6-11(13(18)14(12)19)15(21-20)16(8-9-16)10-4-2-1-3-5-10/h1-7,15,21H,8-9,20H2. The molecular formula is C16H15F3N2. The van der Waals surface area contributed by atoms with E-state index in [-0.39, 0.29) is 11.0 Å². The molecule has 0 amide bonds. The molecule has 0 radical (unpaired) electrons. The van der Waals surface area contributed by atoms with Crippen LogP contribution in [0, 0.1) is 17.5 Å². The summed E-state index contributed by atoms with van der Waals surface area (Å²) >= 11 is 0. The van der Waals surface area contributed by atoms with Gasteiger partial charge >= 0.3 is 0 Å². The van der Waals surface area contributed by atoms with Gasteiger partial charge in [-0.05, 0) is 24.5 Å². The fraction of sp³-hybridized carbons (Fsp3) is 0.250. The maximum Gasteiger partial charge on any atom is 0.194 e. The van der Waals surface area contributed by atoms with Crippen molar-refractivity contribution in [3.8, 4) is 0 Å². The Morgan fingerprint density at radius 1 is 0.952 bits per heavy atom. The first-order valence-corrected chi connectivity index (χ1v) is 6.75. The summed E-state index contributed by atoms with van der Waals surface area (Å²) in [5.41, 5.74) is 3.27. The molecule has 0 saturated heterocycles. The van der Waals surface area contributed by atoms with E-state index in [1.165, 1.54) is 6.07 Å². The van der Waals surface area contributed by atoms with Gasteiger partial charge in [-0.25, -0.2) is 13.2 Å². The fourth-order valence-electron chi connectivity index (χ4n) is 2.96. The molecule has 0 heterocycles. The van der Waals surface area contributed by atoms with Crippen LogP contribution in [0.15, 0.2) is 42.5 Å². The molecule has 21 heavy (non-hydrogen) atoms. The van der Waals surface area contributed by atoms with E-state index in [1.54, 1.807) is 0 Å². The molecule has 0 spiro atoms. The molecule has 0 aromatic heterocycles. The lowest BCUT2D eigenvalue weighted by atomic mass is 9.84. The third kappa shape index (κ3) is 2.22. The van der Waals surface area contributed by atoms with Crippen molar-refractivity contribution in [2.75, 3.05) is 0 Å². The SMILES string of the molecule is NNC(c1ccc(F)c(F)c1F)C1(c2ccccc2)CC1. The van der Waals surface area contributed by atoms with Crippen LogP contribution in [-0.2, 0) is 5.41 Å². The van der Waals surface area contributed by atoms with Crippen molar-refractivity contribution < 1.29 is 13.2 Å². The van der Waals surface area contributed by atoms with E-state index in [0.717, 1.165) is 24.5 Å². The van der Waals surface area contributed by atoms with Crippen molar-refractivity contribution in [2.45, 2.75) is 24.3 Å². The highest BCUT2D eigenvalue weighted by molar-refractivity contribution is 5.39. The van der Waals surface area contributed by atoms with Crippen molar-refractivity contribution in [3.63, 3.8) is 0 Å². The molecule has 2 nitrogen and oxygen atoms in total. The van der Waals surface area contributed by atoms with Crippen LogP contribution in [-0.4, -0.2) is 0 Å². The van der Waals surface area contributed by atoms with Gasteiger partial charge in [-0.1, -0.05) is 36.4 Å². The molecule has 3 rings (SSSR count). The van der Waals surface area contributed by atoms with Crippen molar-refractivity contribution in [3.05, 3.63) is 71.0 Å². The van der Waals surface area contributed by atoms with Gasteiger partial charge in [-0.3, -0.25) is 11.3 Å². The molecular weight excluding hydrogens is 277 g/mol. The van der Waals surface area contributed by atoms with E-state index < -0.39 is 23.5 Å². The Labute approximate surface area is 120 Å². The van der Waals surface area contributed by atoms with Gasteiger partial charge in [0.25, 0.3) is 0 Å². The predicted molar refractivity (Wildman–Crippen MR) is 73.7 cm³/mol. The summed E-state index contributed by atoms with van der Waals surface area (Å²) in [6.07, 6.45) is 1.62. The maximum atomic E-state index is 14.1. The summed E-state index contributed by atoms with van der Waals surface area (Å²) in [7, 11) is 0. The van der Waals surface area contributed by atoms with E-state index in [4.69, 9.17) is 5.84 Å². The molecule has 1 unspecified atom stereocenters. The van der Waals surface area contributed by atoms with E-state index in [1.807, 2.05) is 30.3 Å². The number of hydrogen-bond donors (Lipinski definition) is 2. The molecule has 110 valence electrons. The number of rotatable bonds is 4. The van der Waals surface area contributed by atoms with Gasteiger partial charge in [0.1, 0.15) is 0 Å². The van der Waals surface area contributed by atoms with Gasteiger partial charge in [-0.2, -0.15) is 0 Å². The normalized spacial score (nSPS) is 17.5. The molecule has 1 saturated carbocycles. The zero-order valence-electron chi connectivity index (χ0n) is 11.2. The lowest BCUT2D eigenvalue weighted by molar-refractivity contribution is 0.392. The van der Waals surface area contributed by atoms with Crippen LogP contribution in [0.25, 0.3) is 0 Å². The molecule has 1 atom stereocenters.